The van der Waals surface area contributed by atoms with Gasteiger partial charge < -0.3 is 20.1 Å². The summed E-state index contributed by atoms with van der Waals surface area (Å²) < 4.78 is 57.1. The number of aromatic nitrogens is 1. The molecule has 1 aliphatic heterocycles. The molecule has 0 aliphatic carbocycles. The third-order valence-electron chi connectivity index (χ3n) is 6.12. The monoisotopic (exact) mass is 495 g/mol. The van der Waals surface area contributed by atoms with Crippen LogP contribution in [0.3, 0.4) is 0 Å². The second-order valence-electron chi connectivity index (χ2n) is 8.80. The van der Waals surface area contributed by atoms with Gasteiger partial charge in [0.05, 0.1) is 5.69 Å². The molecule has 1 unspecified atom stereocenters. The Labute approximate surface area is 201 Å². The van der Waals surface area contributed by atoms with Gasteiger partial charge in [-0.3, -0.25) is 4.98 Å². The van der Waals surface area contributed by atoms with Crippen LogP contribution in [0.25, 0.3) is 0 Å². The molecule has 2 N–H and O–H groups in total. The molecule has 190 valence electrons. The molecule has 1 aliphatic rings. The number of aliphatic hydroxyl groups excluding tert-OH is 1. The number of nitrogens with zero attached hydrogens (tertiary/aromatic N) is 2. The van der Waals surface area contributed by atoms with Gasteiger partial charge in [0.15, 0.2) is 5.67 Å². The van der Waals surface area contributed by atoms with Crippen LogP contribution in [0.5, 0.6) is 5.75 Å². The lowest BCUT2D eigenvalue weighted by atomic mass is 9.86. The number of nitrogens with one attached hydrogen (secondary N) is 1. The number of piperidine rings is 1. The van der Waals surface area contributed by atoms with Crippen molar-refractivity contribution in [3.05, 3.63) is 65.5 Å². The smallest absolute Gasteiger partial charge is 0.406 e. The quantitative estimate of drug-likeness (QED) is 0.397. The Morgan fingerprint density at radius 3 is 2.51 bits per heavy atom. The number of alkyl halides is 4. The molecule has 1 saturated heterocycles. The number of anilines is 1. The zero-order valence-corrected chi connectivity index (χ0v) is 19.7. The molecule has 1 aromatic heterocycles. The number of carbonyl (C=O) groups is 1. The van der Waals surface area contributed by atoms with Crippen LogP contribution in [0.15, 0.2) is 43.1 Å². The van der Waals surface area contributed by atoms with Crippen molar-refractivity contribution < 1.29 is 32.2 Å². The number of carbonyl (C=O) groups excluding carboxylic acids is 1. The van der Waals surface area contributed by atoms with Gasteiger partial charge in [0, 0.05) is 50.3 Å². The Kier molecular flexibility index (Phi) is 8.04. The van der Waals surface area contributed by atoms with Gasteiger partial charge in [0.25, 0.3) is 0 Å². The van der Waals surface area contributed by atoms with Crippen LogP contribution in [0.4, 0.5) is 28.0 Å². The number of amides is 2. The van der Waals surface area contributed by atoms with Crippen molar-refractivity contribution in [3.8, 4) is 5.75 Å². The number of ether oxygens (including phenoxy) is 1. The lowest BCUT2D eigenvalue weighted by Crippen LogP contribution is -2.45. The number of pyridine rings is 1. The number of urea groups is 1. The normalized spacial score (nSPS) is 16.5. The van der Waals surface area contributed by atoms with E-state index < -0.39 is 18.1 Å². The number of aryl methyl sites for hydroxylation is 2. The molecule has 2 amide bonds. The van der Waals surface area contributed by atoms with E-state index in [0.29, 0.717) is 23.4 Å². The van der Waals surface area contributed by atoms with E-state index in [1.807, 2.05) is 6.07 Å². The Balaban J connectivity index is 1.61. The van der Waals surface area contributed by atoms with Crippen molar-refractivity contribution >= 4 is 11.7 Å². The van der Waals surface area contributed by atoms with Gasteiger partial charge in [-0.2, -0.15) is 0 Å². The third-order valence-corrected chi connectivity index (χ3v) is 6.12. The maximum Gasteiger partial charge on any atom is 0.573 e. The average molecular weight is 496 g/mol. The van der Waals surface area contributed by atoms with Gasteiger partial charge in [-0.15, -0.1) is 19.8 Å². The molecular weight excluding hydrogens is 466 g/mol. The molecule has 35 heavy (non-hydrogen) atoms. The van der Waals surface area contributed by atoms with Crippen LogP contribution in [-0.4, -0.2) is 47.1 Å². The first-order valence-corrected chi connectivity index (χ1v) is 11.2. The Bertz CT molecular complexity index is 1070. The van der Waals surface area contributed by atoms with Gasteiger partial charge in [-0.05, 0) is 55.2 Å². The van der Waals surface area contributed by atoms with E-state index in [0.717, 1.165) is 11.6 Å². The summed E-state index contributed by atoms with van der Waals surface area (Å²) >= 11 is 0. The maximum absolute atomic E-state index is 15.8. The summed E-state index contributed by atoms with van der Waals surface area (Å²) in [6, 6.07) is 5.24. The van der Waals surface area contributed by atoms with Crippen molar-refractivity contribution in [2.45, 2.75) is 45.1 Å². The molecule has 1 fully saturated rings. The first kappa shape index (κ1) is 26.5. The van der Waals surface area contributed by atoms with Gasteiger partial charge >= 0.3 is 12.4 Å². The van der Waals surface area contributed by atoms with Crippen LogP contribution >= 0.6 is 0 Å². The highest BCUT2D eigenvalue weighted by atomic mass is 19.4. The molecular formula is C25H29F4N3O3. The number of likely N-dealkylation sites (tertiary alicyclic amines) is 1. The van der Waals surface area contributed by atoms with Crippen molar-refractivity contribution in [1.82, 2.24) is 9.88 Å². The number of hydrogen-bond donors (Lipinski definition) is 2. The van der Waals surface area contributed by atoms with E-state index >= 15 is 4.39 Å². The molecule has 0 radical (unpaired) electrons. The average Bonchev–Trinajstić information content (AvgIpc) is 2.79. The molecule has 1 aromatic carbocycles. The second-order valence-corrected chi connectivity index (χ2v) is 8.80. The van der Waals surface area contributed by atoms with Gasteiger partial charge in [-0.25, -0.2) is 9.18 Å². The highest BCUT2D eigenvalue weighted by Crippen LogP contribution is 2.38. The molecule has 0 bridgehead atoms. The third kappa shape index (κ3) is 6.72. The summed E-state index contributed by atoms with van der Waals surface area (Å²) in [4.78, 5) is 18.5. The van der Waals surface area contributed by atoms with Crippen LogP contribution in [0.1, 0.15) is 35.2 Å². The molecule has 6 nitrogen and oxygen atoms in total. The lowest BCUT2D eigenvalue weighted by Gasteiger charge is -2.36. The summed E-state index contributed by atoms with van der Waals surface area (Å²) in [5, 5.41) is 12.0. The Morgan fingerprint density at radius 1 is 1.29 bits per heavy atom. The number of halogens is 4. The predicted molar refractivity (Wildman–Crippen MR) is 124 cm³/mol. The molecule has 2 aromatic rings. The highest BCUT2D eigenvalue weighted by Gasteiger charge is 2.40. The zero-order chi connectivity index (χ0) is 25.8. The fraction of sp³-hybridized carbons (Fsp3) is 0.440. The number of aliphatic hydroxyl groups is 1. The number of rotatable bonds is 7. The maximum atomic E-state index is 15.8. The lowest BCUT2D eigenvalue weighted by molar-refractivity contribution is -0.274. The second kappa shape index (κ2) is 10.6. The van der Waals surface area contributed by atoms with Crippen LogP contribution < -0.4 is 10.1 Å². The zero-order valence-electron chi connectivity index (χ0n) is 19.7. The van der Waals surface area contributed by atoms with Crippen molar-refractivity contribution in [1.29, 1.82) is 0 Å². The van der Waals surface area contributed by atoms with Gasteiger partial charge in [-0.1, -0.05) is 12.1 Å². The van der Waals surface area contributed by atoms with E-state index in [1.54, 1.807) is 19.2 Å². The largest absolute Gasteiger partial charge is 0.573 e. The van der Waals surface area contributed by atoms with E-state index in [9.17, 15) is 23.1 Å². The van der Waals surface area contributed by atoms with Crippen LogP contribution in [-0.2, 0) is 12.1 Å². The molecule has 1 atom stereocenters. The van der Waals surface area contributed by atoms with Gasteiger partial charge in [0.2, 0.25) is 0 Å². The molecule has 0 saturated carbocycles. The summed E-state index contributed by atoms with van der Waals surface area (Å²) in [6.45, 7) is 7.22. The summed E-state index contributed by atoms with van der Waals surface area (Å²) in [5.74, 6) is -0.443. The minimum absolute atomic E-state index is 0.0275. The summed E-state index contributed by atoms with van der Waals surface area (Å²) in [5.41, 5.74) is 0.781. The van der Waals surface area contributed by atoms with Crippen LogP contribution in [0.2, 0.25) is 0 Å². The summed E-state index contributed by atoms with van der Waals surface area (Å²) in [6.07, 6.45) is -0.822. The predicted octanol–water partition coefficient (Wildman–Crippen LogP) is 5.43. The number of benzene rings is 1. The van der Waals surface area contributed by atoms with Crippen molar-refractivity contribution in [2.24, 2.45) is 5.92 Å². The minimum atomic E-state index is -4.80. The molecule has 2 heterocycles. The van der Waals surface area contributed by atoms with E-state index in [2.05, 4.69) is 21.6 Å². The standard InChI is InChI=1S/C25H29F4N3O3/c1-4-18(15-33)13-19-11-17(3)22(30-14-19)24(26)7-9-32(10-8-24)23(34)31-20-5-6-21(16(2)12-20)35-25(27,28)29/h4-6,11-12,14,18,33H,1,7-10,13,15H2,2-3H3,(H,31,34). The topological polar surface area (TPSA) is 74.7 Å². The van der Waals surface area contributed by atoms with E-state index in [4.69, 9.17) is 0 Å². The van der Waals surface area contributed by atoms with Crippen LogP contribution in [0, 0.1) is 19.8 Å². The van der Waals surface area contributed by atoms with E-state index in [1.165, 1.54) is 24.0 Å². The molecule has 10 heteroatoms. The van der Waals surface area contributed by atoms with Gasteiger partial charge in [0.1, 0.15) is 5.75 Å². The minimum Gasteiger partial charge on any atom is -0.406 e. The first-order chi connectivity index (χ1) is 16.4. The Morgan fingerprint density at radius 2 is 1.97 bits per heavy atom. The Hall–Kier alpha value is -3.14. The highest BCUT2D eigenvalue weighted by molar-refractivity contribution is 5.89. The van der Waals surface area contributed by atoms with Crippen molar-refractivity contribution in [3.63, 3.8) is 0 Å². The number of hydrogen-bond acceptors (Lipinski definition) is 4. The fourth-order valence-corrected chi connectivity index (χ4v) is 4.21. The first-order valence-electron chi connectivity index (χ1n) is 11.2. The summed E-state index contributed by atoms with van der Waals surface area (Å²) in [7, 11) is 0. The fourth-order valence-electron chi connectivity index (χ4n) is 4.21. The van der Waals surface area contributed by atoms with E-state index in [-0.39, 0.29) is 49.8 Å². The molecule has 3 rings (SSSR count). The molecule has 0 spiro atoms. The SMILES string of the molecule is C=CC(CO)Cc1cnc(C2(F)CCN(C(=O)Nc3ccc(OC(F)(F)F)c(C)c3)CC2)c(C)c1. The van der Waals surface area contributed by atoms with Crippen molar-refractivity contribution in [2.75, 3.05) is 25.0 Å².